The van der Waals surface area contributed by atoms with Gasteiger partial charge in [-0.25, -0.2) is 0 Å². The van der Waals surface area contributed by atoms with E-state index in [0.717, 1.165) is 24.0 Å². The SMILES string of the molecule is CCC1CCC(N(C)C(C)CCCNC2CC2)CC1. The van der Waals surface area contributed by atoms with E-state index in [9.17, 15) is 0 Å². The molecule has 0 spiro atoms. The Hall–Kier alpha value is -0.0800. The summed E-state index contributed by atoms with van der Waals surface area (Å²) in [5, 5.41) is 3.63. The minimum atomic E-state index is 0.754. The topological polar surface area (TPSA) is 15.3 Å². The van der Waals surface area contributed by atoms with Gasteiger partial charge in [0.05, 0.1) is 0 Å². The molecule has 2 aliphatic carbocycles. The highest BCUT2D eigenvalue weighted by atomic mass is 15.2. The summed E-state index contributed by atoms with van der Waals surface area (Å²) in [6.45, 7) is 6.00. The average Bonchev–Trinajstić information content (AvgIpc) is 3.27. The van der Waals surface area contributed by atoms with Gasteiger partial charge in [0.2, 0.25) is 0 Å². The molecule has 112 valence electrons. The Morgan fingerprint density at radius 1 is 1.11 bits per heavy atom. The lowest BCUT2D eigenvalue weighted by Gasteiger charge is -2.38. The van der Waals surface area contributed by atoms with E-state index in [1.807, 2.05) is 0 Å². The van der Waals surface area contributed by atoms with Gasteiger partial charge in [-0.3, -0.25) is 0 Å². The molecule has 19 heavy (non-hydrogen) atoms. The second-order valence-electron chi connectivity index (χ2n) is 6.97. The van der Waals surface area contributed by atoms with Crippen molar-refractivity contribution >= 4 is 0 Å². The lowest BCUT2D eigenvalue weighted by Crippen LogP contribution is -2.41. The quantitative estimate of drug-likeness (QED) is 0.672. The summed E-state index contributed by atoms with van der Waals surface area (Å²) >= 11 is 0. The molecule has 0 bridgehead atoms. The van der Waals surface area contributed by atoms with Crippen molar-refractivity contribution in [3.8, 4) is 0 Å². The standard InChI is InChI=1S/C17H34N2/c1-4-15-7-11-17(12-8-15)19(3)14(2)6-5-13-18-16-9-10-16/h14-18H,4-13H2,1-3H3. The van der Waals surface area contributed by atoms with Gasteiger partial charge in [-0.15, -0.1) is 0 Å². The molecule has 2 heteroatoms. The third-order valence-corrected chi connectivity index (χ3v) is 5.47. The lowest BCUT2D eigenvalue weighted by molar-refractivity contribution is 0.121. The van der Waals surface area contributed by atoms with Crippen molar-refractivity contribution in [1.29, 1.82) is 0 Å². The molecule has 2 fully saturated rings. The van der Waals surface area contributed by atoms with Crippen LogP contribution in [0.4, 0.5) is 0 Å². The Morgan fingerprint density at radius 2 is 1.79 bits per heavy atom. The number of hydrogen-bond acceptors (Lipinski definition) is 2. The van der Waals surface area contributed by atoms with Crippen LogP contribution in [-0.4, -0.2) is 36.6 Å². The molecule has 0 aromatic rings. The zero-order valence-electron chi connectivity index (χ0n) is 13.3. The summed E-state index contributed by atoms with van der Waals surface area (Å²) in [6.07, 6.45) is 12.7. The normalized spacial score (nSPS) is 29.7. The molecule has 0 heterocycles. The van der Waals surface area contributed by atoms with Crippen molar-refractivity contribution in [2.75, 3.05) is 13.6 Å². The first-order chi connectivity index (χ1) is 9.20. The van der Waals surface area contributed by atoms with Crippen LogP contribution in [0.15, 0.2) is 0 Å². The number of rotatable bonds is 8. The molecule has 0 amide bonds. The van der Waals surface area contributed by atoms with Crippen LogP contribution >= 0.6 is 0 Å². The maximum atomic E-state index is 3.63. The summed E-state index contributed by atoms with van der Waals surface area (Å²) in [7, 11) is 2.36. The van der Waals surface area contributed by atoms with Crippen LogP contribution in [0.2, 0.25) is 0 Å². The first-order valence-corrected chi connectivity index (χ1v) is 8.66. The highest BCUT2D eigenvalue weighted by molar-refractivity contribution is 4.82. The van der Waals surface area contributed by atoms with Crippen molar-refractivity contribution in [1.82, 2.24) is 10.2 Å². The van der Waals surface area contributed by atoms with E-state index in [4.69, 9.17) is 0 Å². The minimum Gasteiger partial charge on any atom is -0.314 e. The van der Waals surface area contributed by atoms with E-state index < -0.39 is 0 Å². The smallest absolute Gasteiger partial charge is 0.00952 e. The Balaban J connectivity index is 1.59. The predicted octanol–water partition coefficient (Wildman–Crippen LogP) is 3.81. The van der Waals surface area contributed by atoms with Gasteiger partial charge in [0.1, 0.15) is 0 Å². The zero-order valence-corrected chi connectivity index (χ0v) is 13.3. The van der Waals surface area contributed by atoms with E-state index in [1.165, 1.54) is 64.3 Å². The maximum Gasteiger partial charge on any atom is 0.00952 e. The highest BCUT2D eigenvalue weighted by Crippen LogP contribution is 2.30. The molecule has 0 aromatic carbocycles. The van der Waals surface area contributed by atoms with E-state index in [-0.39, 0.29) is 0 Å². The average molecular weight is 266 g/mol. The third kappa shape index (κ3) is 5.07. The van der Waals surface area contributed by atoms with E-state index >= 15 is 0 Å². The number of nitrogens with one attached hydrogen (secondary N) is 1. The Labute approximate surface area is 120 Å². The summed E-state index contributed by atoms with van der Waals surface area (Å²) in [5.74, 6) is 1.02. The van der Waals surface area contributed by atoms with Gasteiger partial charge in [0.15, 0.2) is 0 Å². The molecule has 1 unspecified atom stereocenters. The van der Waals surface area contributed by atoms with Gasteiger partial charge in [-0.05, 0) is 77.8 Å². The van der Waals surface area contributed by atoms with Crippen molar-refractivity contribution in [3.63, 3.8) is 0 Å². The van der Waals surface area contributed by atoms with E-state index in [2.05, 4.69) is 31.1 Å². The second kappa shape index (κ2) is 7.64. The second-order valence-corrected chi connectivity index (χ2v) is 6.97. The molecular weight excluding hydrogens is 232 g/mol. The molecule has 2 aliphatic rings. The summed E-state index contributed by atoms with van der Waals surface area (Å²) < 4.78 is 0. The molecular formula is C17H34N2. The highest BCUT2D eigenvalue weighted by Gasteiger charge is 2.25. The van der Waals surface area contributed by atoms with Crippen LogP contribution in [0.25, 0.3) is 0 Å². The van der Waals surface area contributed by atoms with Crippen LogP contribution < -0.4 is 5.32 Å². The summed E-state index contributed by atoms with van der Waals surface area (Å²) in [6, 6.07) is 2.48. The fourth-order valence-electron chi connectivity index (χ4n) is 3.52. The molecule has 1 atom stereocenters. The molecule has 0 aliphatic heterocycles. The molecule has 2 saturated carbocycles. The first kappa shape index (κ1) is 15.3. The minimum absolute atomic E-state index is 0.754. The van der Waals surface area contributed by atoms with Gasteiger partial charge in [0, 0.05) is 18.1 Å². The summed E-state index contributed by atoms with van der Waals surface area (Å²) in [5.41, 5.74) is 0. The zero-order chi connectivity index (χ0) is 13.7. The fourth-order valence-corrected chi connectivity index (χ4v) is 3.52. The molecule has 0 radical (unpaired) electrons. The molecule has 2 rings (SSSR count). The van der Waals surface area contributed by atoms with Gasteiger partial charge in [-0.2, -0.15) is 0 Å². The predicted molar refractivity (Wildman–Crippen MR) is 83.5 cm³/mol. The van der Waals surface area contributed by atoms with Gasteiger partial charge in [0.25, 0.3) is 0 Å². The van der Waals surface area contributed by atoms with E-state index in [0.29, 0.717) is 0 Å². The molecule has 1 N–H and O–H groups in total. The Morgan fingerprint density at radius 3 is 2.37 bits per heavy atom. The van der Waals surface area contributed by atoms with Crippen molar-refractivity contribution in [3.05, 3.63) is 0 Å². The largest absolute Gasteiger partial charge is 0.314 e. The third-order valence-electron chi connectivity index (χ3n) is 5.47. The maximum absolute atomic E-state index is 3.63. The van der Waals surface area contributed by atoms with Crippen LogP contribution in [0.5, 0.6) is 0 Å². The van der Waals surface area contributed by atoms with Crippen LogP contribution in [0.3, 0.4) is 0 Å². The van der Waals surface area contributed by atoms with Gasteiger partial charge < -0.3 is 10.2 Å². The van der Waals surface area contributed by atoms with Crippen molar-refractivity contribution in [2.24, 2.45) is 5.92 Å². The molecule has 2 nitrogen and oxygen atoms in total. The Kier molecular flexibility index (Phi) is 6.15. The summed E-state index contributed by atoms with van der Waals surface area (Å²) in [4.78, 5) is 2.67. The number of nitrogens with zero attached hydrogens (tertiary/aromatic N) is 1. The fraction of sp³-hybridized carbons (Fsp3) is 1.00. The van der Waals surface area contributed by atoms with Crippen LogP contribution in [-0.2, 0) is 0 Å². The number of hydrogen-bond donors (Lipinski definition) is 1. The van der Waals surface area contributed by atoms with Gasteiger partial charge in [-0.1, -0.05) is 13.3 Å². The molecule has 0 saturated heterocycles. The van der Waals surface area contributed by atoms with Crippen LogP contribution in [0, 0.1) is 5.92 Å². The Bertz CT molecular complexity index is 242. The van der Waals surface area contributed by atoms with Crippen molar-refractivity contribution < 1.29 is 0 Å². The lowest BCUT2D eigenvalue weighted by atomic mass is 9.83. The van der Waals surface area contributed by atoms with Crippen molar-refractivity contribution in [2.45, 2.75) is 89.8 Å². The van der Waals surface area contributed by atoms with Gasteiger partial charge >= 0.3 is 0 Å². The van der Waals surface area contributed by atoms with E-state index in [1.54, 1.807) is 0 Å². The van der Waals surface area contributed by atoms with Crippen LogP contribution in [0.1, 0.15) is 71.6 Å². The molecule has 0 aromatic heterocycles. The first-order valence-electron chi connectivity index (χ1n) is 8.66. The monoisotopic (exact) mass is 266 g/mol.